The third-order valence-electron chi connectivity index (χ3n) is 3.41. The maximum atomic E-state index is 4.51. The van der Waals surface area contributed by atoms with Gasteiger partial charge in [-0.3, -0.25) is 0 Å². The zero-order chi connectivity index (χ0) is 12.2. The minimum atomic E-state index is 0.550. The van der Waals surface area contributed by atoms with Crippen LogP contribution in [-0.4, -0.2) is 29.1 Å². The highest BCUT2D eigenvalue weighted by Crippen LogP contribution is 2.12. The molecule has 1 fully saturated rings. The minimum Gasteiger partial charge on any atom is -0.353 e. The van der Waals surface area contributed by atoms with Crippen molar-refractivity contribution in [3.8, 4) is 0 Å². The van der Waals surface area contributed by atoms with Crippen LogP contribution in [0.3, 0.4) is 0 Å². The van der Waals surface area contributed by atoms with E-state index in [1.54, 1.807) is 0 Å². The predicted molar refractivity (Wildman–Crippen MR) is 73.7 cm³/mol. The van der Waals surface area contributed by atoms with Crippen LogP contribution in [0.5, 0.6) is 0 Å². The molecule has 1 aromatic heterocycles. The highest BCUT2D eigenvalue weighted by atomic mass is 15.1. The Morgan fingerprint density at radius 1 is 1.28 bits per heavy atom. The first-order chi connectivity index (χ1) is 8.92. The van der Waals surface area contributed by atoms with Crippen LogP contribution in [-0.2, 0) is 0 Å². The zero-order valence-corrected chi connectivity index (χ0v) is 10.4. The zero-order valence-electron chi connectivity index (χ0n) is 10.4. The molecule has 1 atom stereocenters. The molecule has 1 aliphatic heterocycles. The van der Waals surface area contributed by atoms with Gasteiger partial charge in [-0.1, -0.05) is 24.6 Å². The largest absolute Gasteiger partial charge is 0.353 e. The van der Waals surface area contributed by atoms with Crippen LogP contribution in [0.25, 0.3) is 10.9 Å². The molecule has 2 N–H and O–H groups in total. The van der Waals surface area contributed by atoms with E-state index in [2.05, 4.69) is 20.6 Å². The Bertz CT molecular complexity index is 520. The van der Waals surface area contributed by atoms with Crippen LogP contribution in [0.4, 0.5) is 5.95 Å². The summed E-state index contributed by atoms with van der Waals surface area (Å²) in [5.41, 5.74) is 0.992. The lowest BCUT2D eigenvalue weighted by molar-refractivity contribution is 0.413. The molecule has 0 aliphatic carbocycles. The average Bonchev–Trinajstić information content (AvgIpc) is 2.46. The monoisotopic (exact) mass is 242 g/mol. The predicted octanol–water partition coefficient (Wildman–Crippen LogP) is 2.18. The molecule has 0 radical (unpaired) electrons. The van der Waals surface area contributed by atoms with Gasteiger partial charge in [0, 0.05) is 24.2 Å². The Balaban J connectivity index is 1.66. The molecule has 1 aromatic carbocycles. The Hall–Kier alpha value is -1.68. The van der Waals surface area contributed by atoms with Crippen molar-refractivity contribution in [1.82, 2.24) is 15.3 Å². The molecular weight excluding hydrogens is 224 g/mol. The van der Waals surface area contributed by atoms with Crippen molar-refractivity contribution in [2.75, 3.05) is 18.4 Å². The molecule has 94 valence electrons. The first kappa shape index (κ1) is 11.4. The number of rotatable bonds is 3. The normalized spacial score (nSPS) is 19.9. The summed E-state index contributed by atoms with van der Waals surface area (Å²) in [4.78, 5) is 8.85. The van der Waals surface area contributed by atoms with E-state index in [0.717, 1.165) is 29.9 Å². The van der Waals surface area contributed by atoms with Gasteiger partial charge >= 0.3 is 0 Å². The molecule has 2 aromatic rings. The van der Waals surface area contributed by atoms with E-state index in [4.69, 9.17) is 0 Å². The number of fused-ring (bicyclic) bond motifs is 1. The highest BCUT2D eigenvalue weighted by molar-refractivity contribution is 5.78. The number of nitrogens with one attached hydrogen (secondary N) is 2. The van der Waals surface area contributed by atoms with E-state index in [1.807, 2.05) is 30.5 Å². The van der Waals surface area contributed by atoms with Crippen LogP contribution in [0.1, 0.15) is 19.3 Å². The van der Waals surface area contributed by atoms with Gasteiger partial charge < -0.3 is 10.6 Å². The molecule has 4 nitrogen and oxygen atoms in total. The summed E-state index contributed by atoms with van der Waals surface area (Å²) in [7, 11) is 0. The van der Waals surface area contributed by atoms with E-state index < -0.39 is 0 Å². The maximum Gasteiger partial charge on any atom is 0.223 e. The van der Waals surface area contributed by atoms with Crippen LogP contribution < -0.4 is 10.6 Å². The van der Waals surface area contributed by atoms with Gasteiger partial charge in [-0.15, -0.1) is 0 Å². The number of benzene rings is 1. The van der Waals surface area contributed by atoms with Gasteiger partial charge in [-0.25, -0.2) is 9.97 Å². The van der Waals surface area contributed by atoms with E-state index in [0.29, 0.717) is 6.04 Å². The maximum absolute atomic E-state index is 4.51. The van der Waals surface area contributed by atoms with Crippen molar-refractivity contribution >= 4 is 16.9 Å². The Morgan fingerprint density at radius 3 is 3.11 bits per heavy atom. The van der Waals surface area contributed by atoms with Crippen molar-refractivity contribution in [3.63, 3.8) is 0 Å². The molecule has 18 heavy (non-hydrogen) atoms. The quantitative estimate of drug-likeness (QED) is 0.866. The number of hydrogen-bond acceptors (Lipinski definition) is 4. The van der Waals surface area contributed by atoms with Crippen molar-refractivity contribution in [2.24, 2.45) is 0 Å². The number of aromatic nitrogens is 2. The van der Waals surface area contributed by atoms with E-state index in [1.165, 1.54) is 19.3 Å². The first-order valence-electron chi connectivity index (χ1n) is 6.61. The third-order valence-corrected chi connectivity index (χ3v) is 3.41. The van der Waals surface area contributed by atoms with Crippen molar-refractivity contribution in [1.29, 1.82) is 0 Å². The topological polar surface area (TPSA) is 49.8 Å². The minimum absolute atomic E-state index is 0.550. The third kappa shape index (κ3) is 2.59. The fourth-order valence-corrected chi connectivity index (χ4v) is 2.37. The Morgan fingerprint density at radius 2 is 2.22 bits per heavy atom. The van der Waals surface area contributed by atoms with Gasteiger partial charge in [0.05, 0.1) is 5.52 Å². The van der Waals surface area contributed by atoms with Crippen LogP contribution in [0.15, 0.2) is 30.5 Å². The van der Waals surface area contributed by atoms with Gasteiger partial charge in [0.25, 0.3) is 0 Å². The molecule has 4 heteroatoms. The number of para-hydroxylation sites is 1. The second kappa shape index (κ2) is 5.31. The summed E-state index contributed by atoms with van der Waals surface area (Å²) < 4.78 is 0. The van der Waals surface area contributed by atoms with Crippen LogP contribution in [0, 0.1) is 0 Å². The number of hydrogen-bond donors (Lipinski definition) is 2. The first-order valence-corrected chi connectivity index (χ1v) is 6.61. The number of anilines is 1. The molecule has 0 bridgehead atoms. The molecule has 0 saturated carbocycles. The molecule has 2 heterocycles. The van der Waals surface area contributed by atoms with E-state index in [9.17, 15) is 0 Å². The lowest BCUT2D eigenvalue weighted by Gasteiger charge is -2.23. The number of piperidine rings is 1. The molecule has 3 rings (SSSR count). The molecule has 1 saturated heterocycles. The lowest BCUT2D eigenvalue weighted by Crippen LogP contribution is -2.39. The van der Waals surface area contributed by atoms with Crippen LogP contribution >= 0.6 is 0 Å². The lowest BCUT2D eigenvalue weighted by atomic mass is 10.1. The second-order valence-electron chi connectivity index (χ2n) is 4.78. The summed E-state index contributed by atoms with van der Waals surface area (Å²) in [5, 5.41) is 7.91. The highest BCUT2D eigenvalue weighted by Gasteiger charge is 2.12. The van der Waals surface area contributed by atoms with Gasteiger partial charge in [0.15, 0.2) is 0 Å². The SMILES string of the molecule is c1ccc2nc(NC[C@H]3CCCCN3)ncc2c1. The summed E-state index contributed by atoms with van der Waals surface area (Å²) in [5.74, 6) is 0.723. The second-order valence-corrected chi connectivity index (χ2v) is 4.78. The van der Waals surface area contributed by atoms with Gasteiger partial charge in [0.1, 0.15) is 0 Å². The summed E-state index contributed by atoms with van der Waals surface area (Å²) in [6, 6.07) is 8.60. The summed E-state index contributed by atoms with van der Waals surface area (Å²) in [6.07, 6.45) is 5.72. The number of nitrogens with zero attached hydrogens (tertiary/aromatic N) is 2. The smallest absolute Gasteiger partial charge is 0.223 e. The molecule has 1 aliphatic rings. The molecular formula is C14H18N4. The van der Waals surface area contributed by atoms with Gasteiger partial charge in [-0.05, 0) is 25.5 Å². The molecule has 0 spiro atoms. The van der Waals surface area contributed by atoms with Crippen molar-refractivity contribution in [2.45, 2.75) is 25.3 Å². The average molecular weight is 242 g/mol. The summed E-state index contributed by atoms with van der Waals surface area (Å²) >= 11 is 0. The molecule has 0 amide bonds. The Labute approximate surface area is 107 Å². The van der Waals surface area contributed by atoms with E-state index in [-0.39, 0.29) is 0 Å². The fraction of sp³-hybridized carbons (Fsp3) is 0.429. The Kier molecular flexibility index (Phi) is 3.37. The summed E-state index contributed by atoms with van der Waals surface area (Å²) in [6.45, 7) is 2.03. The van der Waals surface area contributed by atoms with Crippen molar-refractivity contribution < 1.29 is 0 Å². The van der Waals surface area contributed by atoms with Gasteiger partial charge in [0.2, 0.25) is 5.95 Å². The van der Waals surface area contributed by atoms with Crippen molar-refractivity contribution in [3.05, 3.63) is 30.5 Å². The standard InChI is InChI=1S/C14H18N4/c1-2-7-13-11(5-1)9-16-14(18-13)17-10-12-6-3-4-8-15-12/h1-2,5,7,9,12,15H,3-4,6,8,10H2,(H,16,17,18)/t12-/m1/s1. The molecule has 0 unspecified atom stereocenters. The fourth-order valence-electron chi connectivity index (χ4n) is 2.37. The van der Waals surface area contributed by atoms with Crippen LogP contribution in [0.2, 0.25) is 0 Å². The van der Waals surface area contributed by atoms with E-state index >= 15 is 0 Å². The van der Waals surface area contributed by atoms with Gasteiger partial charge in [-0.2, -0.15) is 0 Å².